The van der Waals surface area contributed by atoms with Crippen molar-refractivity contribution < 1.29 is 13.9 Å². The Bertz CT molecular complexity index is 297. The molecular formula is C16H27FO2. The average Bonchev–Trinajstić information content (AvgIpc) is 2.41. The Morgan fingerprint density at radius 2 is 1.84 bits per heavy atom. The molecule has 2 aliphatic carbocycles. The van der Waals surface area contributed by atoms with Gasteiger partial charge in [0.2, 0.25) is 0 Å². The summed E-state index contributed by atoms with van der Waals surface area (Å²) >= 11 is 0. The molecule has 0 aromatic carbocycles. The van der Waals surface area contributed by atoms with Gasteiger partial charge in [-0.2, -0.15) is 0 Å². The van der Waals surface area contributed by atoms with E-state index in [-0.39, 0.29) is 12.0 Å². The number of Topliss-reactive ketones (excluding diaryl/α,β-unsaturated/α-hetero) is 1. The van der Waals surface area contributed by atoms with Gasteiger partial charge in [-0.1, -0.05) is 19.8 Å². The molecular weight excluding hydrogens is 243 g/mol. The zero-order valence-corrected chi connectivity index (χ0v) is 12.2. The van der Waals surface area contributed by atoms with Gasteiger partial charge in [0, 0.05) is 19.4 Å². The molecule has 110 valence electrons. The third kappa shape index (κ3) is 4.01. The minimum atomic E-state index is -0.959. The molecule has 0 aromatic rings. The van der Waals surface area contributed by atoms with E-state index in [9.17, 15) is 9.18 Å². The van der Waals surface area contributed by atoms with E-state index in [1.807, 2.05) is 0 Å². The Balaban J connectivity index is 1.77. The van der Waals surface area contributed by atoms with Crippen molar-refractivity contribution in [3.8, 4) is 0 Å². The number of carbonyl (C=O) groups excluding carboxylic acids is 1. The predicted molar refractivity (Wildman–Crippen MR) is 73.8 cm³/mol. The molecule has 0 aromatic heterocycles. The Morgan fingerprint density at radius 1 is 1.16 bits per heavy atom. The van der Waals surface area contributed by atoms with E-state index in [1.165, 1.54) is 25.7 Å². The zero-order chi connectivity index (χ0) is 13.8. The lowest BCUT2D eigenvalue weighted by Crippen LogP contribution is -2.35. The highest BCUT2D eigenvalue weighted by Gasteiger charge is 2.34. The van der Waals surface area contributed by atoms with E-state index in [2.05, 4.69) is 6.92 Å². The fraction of sp³-hybridized carbons (Fsp3) is 0.938. The molecule has 0 aliphatic heterocycles. The molecule has 2 saturated carbocycles. The second-order valence-corrected chi connectivity index (χ2v) is 6.60. The van der Waals surface area contributed by atoms with Crippen molar-refractivity contribution in [3.05, 3.63) is 0 Å². The van der Waals surface area contributed by atoms with Gasteiger partial charge in [0.15, 0.2) is 0 Å². The number of halogens is 1. The highest BCUT2D eigenvalue weighted by molar-refractivity contribution is 5.81. The van der Waals surface area contributed by atoms with Crippen LogP contribution in [0.4, 0.5) is 4.39 Å². The van der Waals surface area contributed by atoms with E-state index in [0.717, 1.165) is 12.3 Å². The third-order valence-corrected chi connectivity index (χ3v) is 5.10. The first-order chi connectivity index (χ1) is 9.10. The molecule has 0 amide bonds. The van der Waals surface area contributed by atoms with Crippen LogP contribution in [-0.2, 0) is 9.53 Å². The number of methoxy groups -OCH3 is 1. The van der Waals surface area contributed by atoms with Crippen molar-refractivity contribution in [2.75, 3.05) is 7.11 Å². The molecule has 3 atom stereocenters. The summed E-state index contributed by atoms with van der Waals surface area (Å²) in [6.45, 7) is 2.29. The fourth-order valence-electron chi connectivity index (χ4n) is 3.63. The van der Waals surface area contributed by atoms with Crippen molar-refractivity contribution in [1.82, 2.24) is 0 Å². The van der Waals surface area contributed by atoms with Gasteiger partial charge in [-0.3, -0.25) is 4.79 Å². The number of carbonyl (C=O) groups is 1. The molecule has 0 bridgehead atoms. The number of ether oxygens (including phenoxy) is 1. The van der Waals surface area contributed by atoms with Gasteiger partial charge in [-0.05, 0) is 43.9 Å². The van der Waals surface area contributed by atoms with Crippen molar-refractivity contribution in [2.45, 2.75) is 70.6 Å². The number of ketones is 1. The van der Waals surface area contributed by atoms with Crippen molar-refractivity contribution in [1.29, 1.82) is 0 Å². The summed E-state index contributed by atoms with van der Waals surface area (Å²) < 4.78 is 18.9. The molecule has 2 aliphatic rings. The van der Waals surface area contributed by atoms with E-state index in [1.54, 1.807) is 7.11 Å². The lowest BCUT2D eigenvalue weighted by atomic mass is 9.76. The number of alkyl halides is 1. The highest BCUT2D eigenvalue weighted by atomic mass is 19.1. The first-order valence-corrected chi connectivity index (χ1v) is 7.79. The predicted octanol–water partition coefficient (Wildman–Crippen LogP) is 3.93. The standard InChI is InChI=1S/C16H27FO2/c1-11-3-5-12(6-4-11)9-15(18)13-7-8-16(19-2)14(17)10-13/h11-14,16H,3-10H2,1-2H3. The molecule has 2 rings (SSSR count). The molecule has 0 spiro atoms. The molecule has 2 nitrogen and oxygen atoms in total. The van der Waals surface area contributed by atoms with Crippen LogP contribution in [0.5, 0.6) is 0 Å². The molecule has 3 unspecified atom stereocenters. The first-order valence-electron chi connectivity index (χ1n) is 7.79. The maximum Gasteiger partial charge on any atom is 0.136 e. The largest absolute Gasteiger partial charge is 0.378 e. The van der Waals surface area contributed by atoms with Crippen molar-refractivity contribution >= 4 is 5.78 Å². The smallest absolute Gasteiger partial charge is 0.136 e. The van der Waals surface area contributed by atoms with Crippen LogP contribution in [0.1, 0.15) is 58.3 Å². The van der Waals surface area contributed by atoms with Crippen LogP contribution in [0.25, 0.3) is 0 Å². The van der Waals surface area contributed by atoms with Gasteiger partial charge in [0.1, 0.15) is 12.0 Å². The summed E-state index contributed by atoms with van der Waals surface area (Å²) in [4.78, 5) is 12.3. The second kappa shape index (κ2) is 6.83. The first kappa shape index (κ1) is 15.0. The molecule has 0 heterocycles. The third-order valence-electron chi connectivity index (χ3n) is 5.10. The molecule has 0 radical (unpaired) electrons. The lowest BCUT2D eigenvalue weighted by molar-refractivity contribution is -0.127. The van der Waals surface area contributed by atoms with Crippen LogP contribution in [0.3, 0.4) is 0 Å². The summed E-state index contributed by atoms with van der Waals surface area (Å²) in [5, 5.41) is 0. The van der Waals surface area contributed by atoms with Crippen molar-refractivity contribution in [3.63, 3.8) is 0 Å². The Labute approximate surface area is 116 Å². The summed E-state index contributed by atoms with van der Waals surface area (Å²) in [5.41, 5.74) is 0. The summed E-state index contributed by atoms with van der Waals surface area (Å²) in [7, 11) is 1.56. The minimum Gasteiger partial charge on any atom is -0.378 e. The zero-order valence-electron chi connectivity index (χ0n) is 12.2. The lowest BCUT2D eigenvalue weighted by Gasteiger charge is -2.31. The van der Waals surface area contributed by atoms with Crippen LogP contribution in [0.15, 0.2) is 0 Å². The summed E-state index contributed by atoms with van der Waals surface area (Å²) in [6, 6.07) is 0. The highest BCUT2D eigenvalue weighted by Crippen LogP contribution is 2.34. The normalized spacial score (nSPS) is 40.1. The SMILES string of the molecule is COC1CCC(C(=O)CC2CCC(C)CC2)CC1F. The van der Waals surface area contributed by atoms with Gasteiger partial charge < -0.3 is 4.74 Å². The summed E-state index contributed by atoms with van der Waals surface area (Å²) in [6.07, 6.45) is 6.16. The van der Waals surface area contributed by atoms with Gasteiger partial charge in [0.05, 0.1) is 6.10 Å². The van der Waals surface area contributed by atoms with E-state index in [4.69, 9.17) is 4.74 Å². The number of rotatable bonds is 4. The maximum atomic E-state index is 13.8. The van der Waals surface area contributed by atoms with E-state index >= 15 is 0 Å². The Kier molecular flexibility index (Phi) is 5.37. The molecule has 0 N–H and O–H groups in total. The summed E-state index contributed by atoms with van der Waals surface area (Å²) in [5.74, 6) is 1.62. The molecule has 3 heteroatoms. The van der Waals surface area contributed by atoms with Crippen LogP contribution in [-0.4, -0.2) is 25.2 Å². The monoisotopic (exact) mass is 270 g/mol. The average molecular weight is 270 g/mol. The molecule has 2 fully saturated rings. The topological polar surface area (TPSA) is 26.3 Å². The Hall–Kier alpha value is -0.440. The maximum absolute atomic E-state index is 13.8. The van der Waals surface area contributed by atoms with Gasteiger partial charge in [0.25, 0.3) is 0 Å². The van der Waals surface area contributed by atoms with E-state index in [0.29, 0.717) is 31.0 Å². The fourth-order valence-corrected chi connectivity index (χ4v) is 3.63. The van der Waals surface area contributed by atoms with Crippen LogP contribution >= 0.6 is 0 Å². The minimum absolute atomic E-state index is 0.0549. The molecule has 0 saturated heterocycles. The molecule has 19 heavy (non-hydrogen) atoms. The van der Waals surface area contributed by atoms with Crippen molar-refractivity contribution in [2.24, 2.45) is 17.8 Å². The van der Waals surface area contributed by atoms with Crippen LogP contribution < -0.4 is 0 Å². The van der Waals surface area contributed by atoms with Gasteiger partial charge in [-0.25, -0.2) is 4.39 Å². The van der Waals surface area contributed by atoms with Gasteiger partial charge in [-0.15, -0.1) is 0 Å². The Morgan fingerprint density at radius 3 is 2.42 bits per heavy atom. The van der Waals surface area contributed by atoms with Crippen LogP contribution in [0, 0.1) is 17.8 Å². The number of hydrogen-bond donors (Lipinski definition) is 0. The van der Waals surface area contributed by atoms with E-state index < -0.39 is 6.17 Å². The quantitative estimate of drug-likeness (QED) is 0.774. The van der Waals surface area contributed by atoms with Crippen LogP contribution in [0.2, 0.25) is 0 Å². The van der Waals surface area contributed by atoms with Gasteiger partial charge >= 0.3 is 0 Å². The number of hydrogen-bond acceptors (Lipinski definition) is 2. The second-order valence-electron chi connectivity index (χ2n) is 6.60.